The molecule has 0 saturated carbocycles. The van der Waals surface area contributed by atoms with E-state index in [2.05, 4.69) is 4.98 Å². The lowest BCUT2D eigenvalue weighted by atomic mass is 9.93. The van der Waals surface area contributed by atoms with Crippen LogP contribution >= 0.6 is 0 Å². The normalized spacial score (nSPS) is 12.5. The summed E-state index contributed by atoms with van der Waals surface area (Å²) in [5.41, 5.74) is 1.11. The van der Waals surface area contributed by atoms with E-state index in [0.29, 0.717) is 34.3 Å². The van der Waals surface area contributed by atoms with E-state index in [1.54, 1.807) is 32.5 Å². The predicted molar refractivity (Wildman–Crippen MR) is 105 cm³/mol. The molecule has 28 heavy (non-hydrogen) atoms. The highest BCUT2D eigenvalue weighted by Crippen LogP contribution is 2.43. The molecule has 0 fully saturated rings. The van der Waals surface area contributed by atoms with Crippen molar-refractivity contribution in [3.8, 4) is 23.0 Å². The Morgan fingerprint density at radius 2 is 1.64 bits per heavy atom. The maximum absolute atomic E-state index is 13.2. The van der Waals surface area contributed by atoms with Crippen LogP contribution in [0.15, 0.2) is 48.7 Å². The Labute approximate surface area is 160 Å². The van der Waals surface area contributed by atoms with E-state index >= 15 is 0 Å². The average molecular weight is 375 g/mol. The summed E-state index contributed by atoms with van der Waals surface area (Å²) in [6.07, 6.45) is 1.74. The summed E-state index contributed by atoms with van der Waals surface area (Å²) in [6, 6.07) is 13.0. The van der Waals surface area contributed by atoms with Gasteiger partial charge < -0.3 is 23.9 Å². The largest absolute Gasteiger partial charge is 0.493 e. The molecule has 1 aromatic heterocycles. The Balaban J connectivity index is 1.88. The van der Waals surface area contributed by atoms with Gasteiger partial charge in [-0.3, -0.25) is 4.79 Å². The Morgan fingerprint density at radius 3 is 2.32 bits per heavy atom. The van der Waals surface area contributed by atoms with Crippen LogP contribution in [0.25, 0.3) is 21.5 Å². The van der Waals surface area contributed by atoms with Crippen LogP contribution in [0, 0.1) is 0 Å². The standard InChI is InChI=1S/C22H17NO5/c1-25-18-7-12-6-16(22(24)17-4-3-5-23-17)15-10-21-20(27-11-28-21)9-14(15)13(12)8-19(18)26-2/h3-10,23H,11H2,1-2H3. The maximum atomic E-state index is 13.2. The fraction of sp³-hybridized carbons (Fsp3) is 0.136. The Morgan fingerprint density at radius 1 is 0.929 bits per heavy atom. The van der Waals surface area contributed by atoms with Crippen molar-refractivity contribution in [2.45, 2.75) is 0 Å². The number of carbonyl (C=O) groups excluding carboxylic acids is 1. The number of hydrogen-bond donors (Lipinski definition) is 1. The van der Waals surface area contributed by atoms with E-state index in [1.165, 1.54) is 0 Å². The van der Waals surface area contributed by atoms with Crippen LogP contribution in [-0.2, 0) is 0 Å². The first kappa shape index (κ1) is 16.5. The van der Waals surface area contributed by atoms with Crippen LogP contribution in [0.5, 0.6) is 23.0 Å². The number of carbonyl (C=O) groups is 1. The SMILES string of the molecule is COc1cc2cc(C(=O)c3ccc[nH]3)c3cc4c(cc3c2cc1OC)OCO4. The summed E-state index contributed by atoms with van der Waals surface area (Å²) < 4.78 is 22.0. The van der Waals surface area contributed by atoms with Crippen LogP contribution in [-0.4, -0.2) is 31.8 Å². The van der Waals surface area contributed by atoms with Gasteiger partial charge in [0.15, 0.2) is 23.0 Å². The minimum Gasteiger partial charge on any atom is -0.493 e. The van der Waals surface area contributed by atoms with Gasteiger partial charge in [-0.05, 0) is 64.0 Å². The van der Waals surface area contributed by atoms with Gasteiger partial charge in [-0.2, -0.15) is 0 Å². The summed E-state index contributed by atoms with van der Waals surface area (Å²) in [4.78, 5) is 16.2. The van der Waals surface area contributed by atoms with Crippen molar-refractivity contribution in [3.63, 3.8) is 0 Å². The zero-order valence-corrected chi connectivity index (χ0v) is 15.4. The number of fused-ring (bicyclic) bond motifs is 4. The molecule has 5 rings (SSSR count). The topological polar surface area (TPSA) is 69.8 Å². The van der Waals surface area contributed by atoms with Gasteiger partial charge >= 0.3 is 0 Å². The summed E-state index contributed by atoms with van der Waals surface area (Å²) in [6.45, 7) is 0.167. The Bertz CT molecular complexity index is 1230. The first-order chi connectivity index (χ1) is 13.7. The molecule has 3 aromatic carbocycles. The fourth-order valence-electron chi connectivity index (χ4n) is 3.67. The number of benzene rings is 3. The first-order valence-electron chi connectivity index (χ1n) is 8.80. The Hall–Kier alpha value is -3.67. The molecule has 0 aliphatic carbocycles. The molecule has 0 atom stereocenters. The molecular weight excluding hydrogens is 358 g/mol. The summed E-state index contributed by atoms with van der Waals surface area (Å²) >= 11 is 0. The molecule has 0 amide bonds. The summed E-state index contributed by atoms with van der Waals surface area (Å²) in [7, 11) is 3.19. The van der Waals surface area contributed by atoms with Crippen LogP contribution in [0.3, 0.4) is 0 Å². The monoisotopic (exact) mass is 375 g/mol. The number of nitrogens with one attached hydrogen (secondary N) is 1. The molecule has 2 heterocycles. The van der Waals surface area contributed by atoms with Crippen molar-refractivity contribution < 1.29 is 23.7 Å². The third-order valence-electron chi connectivity index (χ3n) is 5.04. The highest BCUT2D eigenvalue weighted by Gasteiger charge is 2.22. The van der Waals surface area contributed by atoms with Crippen LogP contribution in [0.2, 0.25) is 0 Å². The maximum Gasteiger partial charge on any atom is 0.231 e. The summed E-state index contributed by atoms with van der Waals surface area (Å²) in [5.74, 6) is 2.43. The van der Waals surface area contributed by atoms with Crippen molar-refractivity contribution in [3.05, 3.63) is 59.9 Å². The van der Waals surface area contributed by atoms with Crippen molar-refractivity contribution in [2.24, 2.45) is 0 Å². The van der Waals surface area contributed by atoms with E-state index in [9.17, 15) is 4.79 Å². The molecule has 0 radical (unpaired) electrons. The second-order valence-corrected chi connectivity index (χ2v) is 6.52. The number of aromatic amines is 1. The van der Waals surface area contributed by atoms with Crippen LogP contribution in [0.4, 0.5) is 0 Å². The molecule has 140 valence electrons. The second-order valence-electron chi connectivity index (χ2n) is 6.52. The predicted octanol–water partition coefficient (Wildman–Crippen LogP) is 4.30. The highest BCUT2D eigenvalue weighted by atomic mass is 16.7. The molecule has 6 nitrogen and oxygen atoms in total. The molecule has 1 aliphatic rings. The molecular formula is C22H17NO5. The van der Waals surface area contributed by atoms with Gasteiger partial charge in [0.05, 0.1) is 19.9 Å². The number of H-pyrrole nitrogens is 1. The van der Waals surface area contributed by atoms with Crippen molar-refractivity contribution in [1.82, 2.24) is 4.98 Å². The van der Waals surface area contributed by atoms with Crippen molar-refractivity contribution >= 4 is 27.3 Å². The number of rotatable bonds is 4. The highest BCUT2D eigenvalue weighted by molar-refractivity contribution is 6.22. The van der Waals surface area contributed by atoms with E-state index in [0.717, 1.165) is 21.5 Å². The molecule has 0 saturated heterocycles. The molecule has 1 N–H and O–H groups in total. The van der Waals surface area contributed by atoms with Gasteiger partial charge in [-0.15, -0.1) is 0 Å². The first-order valence-corrected chi connectivity index (χ1v) is 8.80. The van der Waals surface area contributed by atoms with Gasteiger partial charge in [0.2, 0.25) is 12.6 Å². The molecule has 0 unspecified atom stereocenters. The minimum absolute atomic E-state index is 0.0921. The summed E-state index contributed by atoms with van der Waals surface area (Å²) in [5, 5.41) is 3.49. The number of aromatic nitrogens is 1. The van der Waals surface area contributed by atoms with E-state index < -0.39 is 0 Å². The zero-order chi connectivity index (χ0) is 19.3. The lowest BCUT2D eigenvalue weighted by molar-refractivity contribution is 0.103. The average Bonchev–Trinajstić information content (AvgIpc) is 3.41. The third-order valence-corrected chi connectivity index (χ3v) is 5.04. The molecule has 0 spiro atoms. The quantitative estimate of drug-likeness (QED) is 0.425. The smallest absolute Gasteiger partial charge is 0.231 e. The molecule has 4 aromatic rings. The fourth-order valence-corrected chi connectivity index (χ4v) is 3.67. The van der Waals surface area contributed by atoms with Gasteiger partial charge in [0.1, 0.15) is 0 Å². The van der Waals surface area contributed by atoms with Gasteiger partial charge in [-0.1, -0.05) is 0 Å². The van der Waals surface area contributed by atoms with E-state index in [4.69, 9.17) is 18.9 Å². The molecule has 6 heteroatoms. The molecule has 1 aliphatic heterocycles. The molecule has 0 bridgehead atoms. The van der Waals surface area contributed by atoms with E-state index in [1.807, 2.05) is 30.3 Å². The number of hydrogen-bond acceptors (Lipinski definition) is 5. The number of methoxy groups -OCH3 is 2. The van der Waals surface area contributed by atoms with Gasteiger partial charge in [0.25, 0.3) is 0 Å². The van der Waals surface area contributed by atoms with E-state index in [-0.39, 0.29) is 12.6 Å². The van der Waals surface area contributed by atoms with Crippen LogP contribution in [0.1, 0.15) is 16.1 Å². The zero-order valence-electron chi connectivity index (χ0n) is 15.4. The number of ether oxygens (including phenoxy) is 4. The van der Waals surface area contributed by atoms with Crippen molar-refractivity contribution in [1.29, 1.82) is 0 Å². The van der Waals surface area contributed by atoms with Crippen LogP contribution < -0.4 is 18.9 Å². The second kappa shape index (κ2) is 6.20. The Kier molecular flexibility index (Phi) is 3.65. The van der Waals surface area contributed by atoms with Gasteiger partial charge in [0, 0.05) is 11.8 Å². The lowest BCUT2D eigenvalue weighted by Crippen LogP contribution is -2.03. The van der Waals surface area contributed by atoms with Gasteiger partial charge in [-0.25, -0.2) is 0 Å². The lowest BCUT2D eigenvalue weighted by Gasteiger charge is -2.14. The van der Waals surface area contributed by atoms with Crippen molar-refractivity contribution in [2.75, 3.05) is 21.0 Å². The minimum atomic E-state index is -0.0921. The number of ketones is 1. The third kappa shape index (κ3) is 2.38.